The quantitative estimate of drug-likeness (QED) is 0.483. The van der Waals surface area contributed by atoms with Crippen LogP contribution >= 0.6 is 11.6 Å². The van der Waals surface area contributed by atoms with E-state index in [2.05, 4.69) is 5.32 Å². The molecule has 7 heteroatoms. The summed E-state index contributed by atoms with van der Waals surface area (Å²) in [6.45, 7) is 3.92. The molecule has 1 heterocycles. The van der Waals surface area contributed by atoms with Gasteiger partial charge in [-0.05, 0) is 56.4 Å². The highest BCUT2D eigenvalue weighted by molar-refractivity contribution is 6.32. The fourth-order valence-corrected chi connectivity index (χ4v) is 3.83. The van der Waals surface area contributed by atoms with Crippen molar-refractivity contribution in [2.24, 2.45) is 0 Å². The van der Waals surface area contributed by atoms with Crippen LogP contribution in [0.25, 0.3) is 0 Å². The first-order valence-electron chi connectivity index (χ1n) is 8.94. The number of aryl methyl sites for hydroxylation is 2. The van der Waals surface area contributed by atoms with Gasteiger partial charge in [-0.3, -0.25) is 14.5 Å². The molecule has 1 aromatic rings. The summed E-state index contributed by atoms with van der Waals surface area (Å²) < 4.78 is 5.34. The van der Waals surface area contributed by atoms with Crippen molar-refractivity contribution in [2.75, 3.05) is 6.54 Å². The summed E-state index contributed by atoms with van der Waals surface area (Å²) in [4.78, 5) is 37.9. The van der Waals surface area contributed by atoms with Crippen LogP contribution in [0.2, 0.25) is 5.02 Å². The lowest BCUT2D eigenvalue weighted by Gasteiger charge is -2.19. The SMILES string of the molecule is Cc1cc(OC(=O)CCCN2C(=O)NC3(CCCC3)C2=O)cc(C)c1Cl. The Morgan fingerprint density at radius 1 is 1.23 bits per heavy atom. The predicted molar refractivity (Wildman–Crippen MR) is 97.2 cm³/mol. The first kappa shape index (κ1) is 18.7. The molecule has 3 amide bonds. The van der Waals surface area contributed by atoms with E-state index in [0.29, 0.717) is 30.0 Å². The van der Waals surface area contributed by atoms with Crippen LogP contribution in [-0.2, 0) is 9.59 Å². The van der Waals surface area contributed by atoms with Gasteiger partial charge in [-0.2, -0.15) is 0 Å². The van der Waals surface area contributed by atoms with Crippen LogP contribution in [0.15, 0.2) is 12.1 Å². The van der Waals surface area contributed by atoms with Gasteiger partial charge in [-0.1, -0.05) is 24.4 Å². The first-order valence-corrected chi connectivity index (χ1v) is 9.32. The molecule has 140 valence electrons. The first-order chi connectivity index (χ1) is 12.3. The van der Waals surface area contributed by atoms with E-state index in [9.17, 15) is 14.4 Å². The third-order valence-corrected chi connectivity index (χ3v) is 5.70. The third kappa shape index (κ3) is 3.56. The molecule has 1 aliphatic carbocycles. The number of carbonyl (C=O) groups excluding carboxylic acids is 3. The number of hydrogen-bond donors (Lipinski definition) is 1. The van der Waals surface area contributed by atoms with Crippen molar-refractivity contribution in [3.63, 3.8) is 0 Å². The minimum atomic E-state index is -0.698. The van der Waals surface area contributed by atoms with Gasteiger partial charge in [0.05, 0.1) is 0 Å². The largest absolute Gasteiger partial charge is 0.427 e. The van der Waals surface area contributed by atoms with E-state index >= 15 is 0 Å². The number of carbonyl (C=O) groups is 3. The molecular weight excluding hydrogens is 356 g/mol. The second-order valence-corrected chi connectivity index (χ2v) is 7.50. The van der Waals surface area contributed by atoms with Gasteiger partial charge in [0.2, 0.25) is 0 Å². The average molecular weight is 379 g/mol. The molecule has 1 saturated carbocycles. The van der Waals surface area contributed by atoms with Crippen LogP contribution in [0.4, 0.5) is 4.79 Å². The Morgan fingerprint density at radius 3 is 2.46 bits per heavy atom. The number of ether oxygens (including phenoxy) is 1. The highest BCUT2D eigenvalue weighted by atomic mass is 35.5. The lowest BCUT2D eigenvalue weighted by Crippen LogP contribution is -2.44. The molecule has 0 unspecified atom stereocenters. The van der Waals surface area contributed by atoms with E-state index in [1.165, 1.54) is 4.90 Å². The van der Waals surface area contributed by atoms with Gasteiger partial charge in [0.1, 0.15) is 11.3 Å². The summed E-state index contributed by atoms with van der Waals surface area (Å²) in [6, 6.07) is 3.08. The lowest BCUT2D eigenvalue weighted by atomic mass is 9.98. The van der Waals surface area contributed by atoms with Gasteiger partial charge in [-0.25, -0.2) is 4.79 Å². The molecule has 26 heavy (non-hydrogen) atoms. The maximum atomic E-state index is 12.5. The highest BCUT2D eigenvalue weighted by Gasteiger charge is 2.52. The Hall–Kier alpha value is -2.08. The molecule has 2 aliphatic rings. The van der Waals surface area contributed by atoms with Crippen molar-refractivity contribution in [1.29, 1.82) is 0 Å². The minimum Gasteiger partial charge on any atom is -0.427 e. The second-order valence-electron chi connectivity index (χ2n) is 7.12. The second kappa shape index (κ2) is 7.27. The van der Waals surface area contributed by atoms with Crippen LogP contribution in [-0.4, -0.2) is 34.9 Å². The van der Waals surface area contributed by atoms with Crippen molar-refractivity contribution in [2.45, 2.75) is 57.9 Å². The summed E-state index contributed by atoms with van der Waals surface area (Å²) in [5, 5.41) is 3.49. The molecule has 0 bridgehead atoms. The number of rotatable bonds is 5. The Balaban J connectivity index is 1.51. The van der Waals surface area contributed by atoms with E-state index in [1.807, 2.05) is 13.8 Å². The van der Waals surface area contributed by atoms with E-state index in [1.54, 1.807) is 12.1 Å². The van der Waals surface area contributed by atoms with Gasteiger partial charge in [0.15, 0.2) is 0 Å². The molecule has 2 fully saturated rings. The normalized spacial score (nSPS) is 18.5. The molecule has 1 aromatic carbocycles. The van der Waals surface area contributed by atoms with Crippen molar-refractivity contribution < 1.29 is 19.1 Å². The summed E-state index contributed by atoms with van der Waals surface area (Å²) in [5.74, 6) is -0.0969. The van der Waals surface area contributed by atoms with Crippen molar-refractivity contribution >= 4 is 29.5 Å². The monoisotopic (exact) mass is 378 g/mol. The highest BCUT2D eigenvalue weighted by Crippen LogP contribution is 2.35. The molecule has 0 aromatic heterocycles. The van der Waals surface area contributed by atoms with E-state index < -0.39 is 11.5 Å². The van der Waals surface area contributed by atoms with Crippen LogP contribution in [0.5, 0.6) is 5.75 Å². The summed E-state index contributed by atoms with van der Waals surface area (Å²) in [7, 11) is 0. The summed E-state index contributed by atoms with van der Waals surface area (Å²) >= 11 is 6.11. The zero-order valence-corrected chi connectivity index (χ0v) is 15.8. The molecule has 0 radical (unpaired) electrons. The number of hydrogen-bond acceptors (Lipinski definition) is 4. The molecule has 6 nitrogen and oxygen atoms in total. The van der Waals surface area contributed by atoms with Crippen molar-refractivity contribution in [3.8, 4) is 5.75 Å². The van der Waals surface area contributed by atoms with E-state index in [0.717, 1.165) is 24.0 Å². The fourth-order valence-electron chi connectivity index (χ4n) is 3.73. The van der Waals surface area contributed by atoms with Crippen LogP contribution in [0.1, 0.15) is 49.7 Å². The summed E-state index contributed by atoms with van der Waals surface area (Å²) in [5.41, 5.74) is 0.988. The fraction of sp³-hybridized carbons (Fsp3) is 0.526. The Morgan fingerprint density at radius 2 is 1.85 bits per heavy atom. The Kier molecular flexibility index (Phi) is 5.23. The van der Waals surface area contributed by atoms with Gasteiger partial charge in [-0.15, -0.1) is 0 Å². The van der Waals surface area contributed by atoms with Crippen molar-refractivity contribution in [3.05, 3.63) is 28.3 Å². The zero-order chi connectivity index (χ0) is 18.9. The van der Waals surface area contributed by atoms with Gasteiger partial charge in [0, 0.05) is 18.0 Å². The van der Waals surface area contributed by atoms with Crippen LogP contribution in [0, 0.1) is 13.8 Å². The maximum absolute atomic E-state index is 12.5. The molecule has 1 spiro atoms. The van der Waals surface area contributed by atoms with Gasteiger partial charge >= 0.3 is 12.0 Å². The lowest BCUT2D eigenvalue weighted by molar-refractivity contribution is -0.135. The Bertz CT molecular complexity index is 733. The number of halogens is 1. The predicted octanol–water partition coefficient (Wildman–Crippen LogP) is 3.51. The van der Waals surface area contributed by atoms with E-state index in [-0.39, 0.29) is 24.9 Å². The minimum absolute atomic E-state index is 0.130. The number of esters is 1. The number of amides is 3. The van der Waals surface area contributed by atoms with Gasteiger partial charge < -0.3 is 10.1 Å². The number of nitrogens with zero attached hydrogens (tertiary/aromatic N) is 1. The molecule has 3 rings (SSSR count). The number of benzene rings is 1. The summed E-state index contributed by atoms with van der Waals surface area (Å²) in [6.07, 6.45) is 3.80. The standard InChI is InChI=1S/C19H23ClN2O4/c1-12-10-14(11-13(2)16(12)20)26-15(23)6-5-9-22-17(24)19(21-18(22)25)7-3-4-8-19/h10-11H,3-9H2,1-2H3,(H,21,25). The molecule has 1 aliphatic heterocycles. The Labute approximate surface area is 157 Å². The van der Waals surface area contributed by atoms with Crippen LogP contribution < -0.4 is 10.1 Å². The molecule has 1 N–H and O–H groups in total. The molecule has 0 atom stereocenters. The third-order valence-electron chi connectivity index (χ3n) is 5.11. The van der Waals surface area contributed by atoms with Crippen LogP contribution in [0.3, 0.4) is 0 Å². The molecule has 1 saturated heterocycles. The number of imide groups is 1. The number of urea groups is 1. The topological polar surface area (TPSA) is 75.7 Å². The smallest absolute Gasteiger partial charge is 0.325 e. The van der Waals surface area contributed by atoms with E-state index in [4.69, 9.17) is 16.3 Å². The average Bonchev–Trinajstić information content (AvgIpc) is 3.13. The maximum Gasteiger partial charge on any atom is 0.325 e. The zero-order valence-electron chi connectivity index (χ0n) is 15.1. The van der Waals surface area contributed by atoms with Crippen molar-refractivity contribution in [1.82, 2.24) is 10.2 Å². The molecular formula is C19H23ClN2O4. The number of nitrogens with one attached hydrogen (secondary N) is 1. The van der Waals surface area contributed by atoms with Gasteiger partial charge in [0.25, 0.3) is 5.91 Å².